The topological polar surface area (TPSA) is 44.1 Å². The highest BCUT2D eigenvalue weighted by Crippen LogP contribution is 2.18. The van der Waals surface area contributed by atoms with Crippen molar-refractivity contribution in [3.8, 4) is 6.07 Å². The van der Waals surface area contributed by atoms with Gasteiger partial charge in [-0.15, -0.1) is 0 Å². The maximum atomic E-state index is 11.1. The summed E-state index contributed by atoms with van der Waals surface area (Å²) in [7, 11) is 1.78. The fourth-order valence-corrected chi connectivity index (χ4v) is 1.73. The van der Waals surface area contributed by atoms with Crippen molar-refractivity contribution in [1.29, 1.82) is 5.26 Å². The maximum Gasteiger partial charge on any atom is 0.226 e. The molecule has 90 valence electrons. The molecule has 0 radical (unpaired) electrons. The second-order valence-corrected chi connectivity index (χ2v) is 4.26. The normalized spacial score (nSPS) is 18.3. The van der Waals surface area contributed by atoms with Gasteiger partial charge in [0, 0.05) is 20.0 Å². The van der Waals surface area contributed by atoms with Crippen molar-refractivity contribution in [2.24, 2.45) is 5.92 Å². The van der Waals surface area contributed by atoms with Crippen LogP contribution in [0.2, 0.25) is 0 Å². The van der Waals surface area contributed by atoms with Crippen LogP contribution in [-0.4, -0.2) is 24.4 Å². The Balaban J connectivity index is 0.000000181. The predicted molar refractivity (Wildman–Crippen MR) is 67.2 cm³/mol. The number of hydrogen-bond donors (Lipinski definition) is 0. The van der Waals surface area contributed by atoms with Gasteiger partial charge >= 0.3 is 0 Å². The molecule has 0 aromatic heterocycles. The summed E-state index contributed by atoms with van der Waals surface area (Å²) in [5.74, 6) is 0.108. The second kappa shape index (κ2) is 6.70. The Kier molecular flexibility index (Phi) is 5.22. The van der Waals surface area contributed by atoms with Gasteiger partial charge in [0.05, 0.1) is 12.0 Å². The van der Waals surface area contributed by atoms with Crippen molar-refractivity contribution in [3.63, 3.8) is 0 Å². The summed E-state index contributed by atoms with van der Waals surface area (Å²) in [6, 6.07) is 12.3. The van der Waals surface area contributed by atoms with Crippen LogP contribution < -0.4 is 0 Å². The Morgan fingerprint density at radius 3 is 2.41 bits per heavy atom. The highest BCUT2D eigenvalue weighted by molar-refractivity contribution is 5.80. The van der Waals surface area contributed by atoms with Gasteiger partial charge in [0.15, 0.2) is 0 Å². The van der Waals surface area contributed by atoms with Crippen molar-refractivity contribution in [2.45, 2.75) is 19.8 Å². The predicted octanol–water partition coefficient (Wildman–Crippen LogP) is 2.37. The summed E-state index contributed by atoms with van der Waals surface area (Å²) in [5, 5.41) is 8.31. The highest BCUT2D eigenvalue weighted by Gasteiger charge is 2.28. The van der Waals surface area contributed by atoms with E-state index in [2.05, 4.69) is 19.1 Å². The molecule has 3 nitrogen and oxygen atoms in total. The lowest BCUT2D eigenvalue weighted by Crippen LogP contribution is -2.22. The Morgan fingerprint density at radius 2 is 2.06 bits per heavy atom. The van der Waals surface area contributed by atoms with Crippen molar-refractivity contribution in [1.82, 2.24) is 4.90 Å². The lowest BCUT2D eigenvalue weighted by molar-refractivity contribution is -0.129. The molecule has 0 saturated carbocycles. The van der Waals surface area contributed by atoms with Gasteiger partial charge in [-0.2, -0.15) is 5.26 Å². The van der Waals surface area contributed by atoms with E-state index < -0.39 is 0 Å². The number of nitriles is 1. The first-order valence-electron chi connectivity index (χ1n) is 5.78. The molecule has 1 aliphatic heterocycles. The van der Waals surface area contributed by atoms with Crippen LogP contribution in [0.15, 0.2) is 30.3 Å². The zero-order chi connectivity index (χ0) is 12.7. The summed E-state index contributed by atoms with van der Waals surface area (Å²) in [5.41, 5.74) is 1.32. The van der Waals surface area contributed by atoms with E-state index in [1.54, 1.807) is 11.9 Å². The number of carbonyl (C=O) groups is 1. The molecule has 1 heterocycles. The Morgan fingerprint density at radius 1 is 1.41 bits per heavy atom. The summed E-state index contributed by atoms with van der Waals surface area (Å²) in [6.07, 6.45) is 1.23. The van der Waals surface area contributed by atoms with E-state index in [4.69, 9.17) is 5.26 Å². The summed E-state index contributed by atoms with van der Waals surface area (Å²) < 4.78 is 0. The van der Waals surface area contributed by atoms with E-state index in [-0.39, 0.29) is 11.8 Å². The Bertz CT molecular complexity index is 394. The molecule has 1 aromatic rings. The zero-order valence-electron chi connectivity index (χ0n) is 10.4. The third kappa shape index (κ3) is 4.28. The number of amides is 1. The molecule has 0 bridgehead atoms. The van der Waals surface area contributed by atoms with Crippen LogP contribution in [0.1, 0.15) is 18.4 Å². The van der Waals surface area contributed by atoms with Crippen LogP contribution in [0.5, 0.6) is 0 Å². The van der Waals surface area contributed by atoms with Crippen LogP contribution in [0.4, 0.5) is 0 Å². The van der Waals surface area contributed by atoms with E-state index in [0.717, 1.165) is 13.0 Å². The molecule has 2 rings (SSSR count). The van der Waals surface area contributed by atoms with Gasteiger partial charge in [-0.25, -0.2) is 0 Å². The summed E-state index contributed by atoms with van der Waals surface area (Å²) >= 11 is 0. The average molecular weight is 230 g/mol. The number of aryl methyl sites for hydroxylation is 1. The molecule has 1 aromatic carbocycles. The Labute approximate surface area is 103 Å². The third-order valence-corrected chi connectivity index (χ3v) is 2.82. The van der Waals surface area contributed by atoms with Gasteiger partial charge in [-0.05, 0) is 13.3 Å². The van der Waals surface area contributed by atoms with Crippen LogP contribution in [0.3, 0.4) is 0 Å². The van der Waals surface area contributed by atoms with Gasteiger partial charge in [-0.3, -0.25) is 4.79 Å². The van der Waals surface area contributed by atoms with Crippen LogP contribution in [0.25, 0.3) is 0 Å². The molecule has 3 heteroatoms. The van der Waals surface area contributed by atoms with Crippen LogP contribution >= 0.6 is 0 Å². The quantitative estimate of drug-likeness (QED) is 0.743. The molecule has 0 N–H and O–H groups in total. The molecule has 1 saturated heterocycles. The van der Waals surface area contributed by atoms with Crippen molar-refractivity contribution >= 4 is 5.91 Å². The minimum atomic E-state index is -0.0185. The van der Waals surface area contributed by atoms with Gasteiger partial charge in [0.25, 0.3) is 0 Å². The van der Waals surface area contributed by atoms with Crippen molar-refractivity contribution < 1.29 is 4.79 Å². The SMILES string of the molecule is CN1CCC(CC#N)C1=O.Cc1ccccc1. The molecule has 1 aliphatic rings. The smallest absolute Gasteiger partial charge is 0.226 e. The number of nitrogens with zero attached hydrogens (tertiary/aromatic N) is 2. The fraction of sp³-hybridized carbons (Fsp3) is 0.429. The first kappa shape index (κ1) is 13.2. The van der Waals surface area contributed by atoms with Gasteiger partial charge < -0.3 is 4.90 Å². The molecular weight excluding hydrogens is 212 g/mol. The molecule has 1 unspecified atom stereocenters. The van der Waals surface area contributed by atoms with Gasteiger partial charge in [0.1, 0.15) is 0 Å². The third-order valence-electron chi connectivity index (χ3n) is 2.82. The average Bonchev–Trinajstić information content (AvgIpc) is 2.64. The largest absolute Gasteiger partial charge is 0.345 e. The molecule has 0 spiro atoms. The lowest BCUT2D eigenvalue weighted by atomic mass is 10.1. The van der Waals surface area contributed by atoms with Crippen molar-refractivity contribution in [3.05, 3.63) is 35.9 Å². The van der Waals surface area contributed by atoms with Gasteiger partial charge in [0.2, 0.25) is 5.91 Å². The minimum absolute atomic E-state index is 0.0185. The number of hydrogen-bond acceptors (Lipinski definition) is 2. The molecule has 1 fully saturated rings. The standard InChI is InChI=1S/C7H10N2O.C7H8/c1-9-5-3-6(2-4-8)7(9)10;1-7-5-3-2-4-6-7/h6H,2-3,5H2,1H3;2-6H,1H3. The Hall–Kier alpha value is -1.82. The maximum absolute atomic E-state index is 11.1. The van der Waals surface area contributed by atoms with E-state index in [1.165, 1.54) is 5.56 Å². The molecule has 0 aliphatic carbocycles. The summed E-state index contributed by atoms with van der Waals surface area (Å²) in [4.78, 5) is 12.8. The fourth-order valence-electron chi connectivity index (χ4n) is 1.73. The number of carbonyl (C=O) groups excluding carboxylic acids is 1. The van der Waals surface area contributed by atoms with E-state index >= 15 is 0 Å². The van der Waals surface area contributed by atoms with Crippen LogP contribution in [-0.2, 0) is 4.79 Å². The molecular formula is C14H18N2O. The molecule has 1 amide bonds. The number of benzene rings is 1. The molecule has 1 atom stereocenters. The van der Waals surface area contributed by atoms with E-state index in [1.807, 2.05) is 24.3 Å². The highest BCUT2D eigenvalue weighted by atomic mass is 16.2. The number of likely N-dealkylation sites (tertiary alicyclic amines) is 1. The summed E-state index contributed by atoms with van der Waals surface area (Å²) in [6.45, 7) is 2.89. The van der Waals surface area contributed by atoms with Crippen LogP contribution in [0, 0.1) is 24.2 Å². The second-order valence-electron chi connectivity index (χ2n) is 4.26. The number of rotatable bonds is 1. The van der Waals surface area contributed by atoms with Crippen molar-refractivity contribution in [2.75, 3.05) is 13.6 Å². The van der Waals surface area contributed by atoms with E-state index in [9.17, 15) is 4.79 Å². The first-order valence-corrected chi connectivity index (χ1v) is 5.78. The minimum Gasteiger partial charge on any atom is -0.345 e. The van der Waals surface area contributed by atoms with Gasteiger partial charge in [-0.1, -0.05) is 35.9 Å². The monoisotopic (exact) mass is 230 g/mol. The first-order chi connectivity index (χ1) is 8.15. The zero-order valence-corrected chi connectivity index (χ0v) is 10.4. The lowest BCUT2D eigenvalue weighted by Gasteiger charge is -2.06. The molecule has 17 heavy (non-hydrogen) atoms. The van der Waals surface area contributed by atoms with E-state index in [0.29, 0.717) is 6.42 Å².